The Morgan fingerprint density at radius 1 is 1.42 bits per heavy atom. The molecule has 19 heavy (non-hydrogen) atoms. The Bertz CT molecular complexity index is 396. The first-order chi connectivity index (χ1) is 9.10. The average Bonchev–Trinajstić information content (AvgIpc) is 2.72. The Balaban J connectivity index is 1.95. The van der Waals surface area contributed by atoms with Crippen molar-refractivity contribution in [3.63, 3.8) is 0 Å². The van der Waals surface area contributed by atoms with E-state index in [1.807, 2.05) is 12.1 Å². The maximum atomic E-state index is 12.9. The number of aliphatic hydroxyl groups excluding tert-OH is 1. The van der Waals surface area contributed by atoms with Crippen LogP contribution in [-0.2, 0) is 4.74 Å². The molecule has 3 atom stereocenters. The molecule has 1 aromatic rings. The molecule has 0 unspecified atom stereocenters. The maximum absolute atomic E-state index is 12.9. The molecule has 4 heteroatoms. The molecule has 0 aromatic heterocycles. The average molecular weight is 267 g/mol. The molecule has 2 rings (SSSR count). The van der Waals surface area contributed by atoms with E-state index in [0.29, 0.717) is 25.1 Å². The molecule has 0 bridgehead atoms. The summed E-state index contributed by atoms with van der Waals surface area (Å²) in [6.45, 7) is 4.08. The van der Waals surface area contributed by atoms with E-state index < -0.39 is 6.10 Å². The van der Waals surface area contributed by atoms with E-state index in [-0.39, 0.29) is 5.82 Å². The van der Waals surface area contributed by atoms with Gasteiger partial charge in [0.05, 0.1) is 12.7 Å². The van der Waals surface area contributed by atoms with Gasteiger partial charge in [-0.3, -0.25) is 4.90 Å². The first kappa shape index (κ1) is 14.4. The van der Waals surface area contributed by atoms with Crippen LogP contribution in [0.3, 0.4) is 0 Å². The largest absolute Gasteiger partial charge is 0.389 e. The van der Waals surface area contributed by atoms with Gasteiger partial charge in [-0.2, -0.15) is 0 Å². The number of ether oxygens (including phenoxy) is 1. The Hall–Kier alpha value is -0.970. The smallest absolute Gasteiger partial charge is 0.123 e. The van der Waals surface area contributed by atoms with E-state index in [9.17, 15) is 9.50 Å². The fraction of sp³-hybridized carbons (Fsp3) is 0.600. The lowest BCUT2D eigenvalue weighted by molar-refractivity contribution is 0.0360. The number of hydrogen-bond donors (Lipinski definition) is 1. The normalized spacial score (nSPS) is 25.7. The Morgan fingerprint density at radius 3 is 2.74 bits per heavy atom. The zero-order valence-electron chi connectivity index (χ0n) is 11.6. The summed E-state index contributed by atoms with van der Waals surface area (Å²) in [5.74, 6) is 0.229. The molecule has 1 fully saturated rings. The summed E-state index contributed by atoms with van der Waals surface area (Å²) < 4.78 is 17.9. The second-order valence-electron chi connectivity index (χ2n) is 5.40. The molecule has 0 saturated carbocycles. The van der Waals surface area contributed by atoms with Gasteiger partial charge in [0.1, 0.15) is 5.82 Å². The van der Waals surface area contributed by atoms with Gasteiger partial charge in [-0.15, -0.1) is 0 Å². The minimum Gasteiger partial charge on any atom is -0.389 e. The van der Waals surface area contributed by atoms with E-state index in [0.717, 1.165) is 13.0 Å². The monoisotopic (exact) mass is 267 g/mol. The van der Waals surface area contributed by atoms with Crippen molar-refractivity contribution < 1.29 is 14.2 Å². The molecule has 3 nitrogen and oxygen atoms in total. The number of β-amino-alcohol motifs (C(OH)–C–C–N with tert-alkyl or cyclic N) is 1. The van der Waals surface area contributed by atoms with Crippen molar-refractivity contribution in [2.45, 2.75) is 31.4 Å². The number of halogens is 1. The summed E-state index contributed by atoms with van der Waals surface area (Å²) in [7, 11) is 1.60. The maximum Gasteiger partial charge on any atom is 0.123 e. The fourth-order valence-corrected chi connectivity index (χ4v) is 2.85. The summed E-state index contributed by atoms with van der Waals surface area (Å²) in [5, 5.41) is 9.80. The molecule has 106 valence electrons. The van der Waals surface area contributed by atoms with Crippen molar-refractivity contribution in [2.75, 3.05) is 26.8 Å². The highest BCUT2D eigenvalue weighted by atomic mass is 19.1. The zero-order valence-corrected chi connectivity index (χ0v) is 11.6. The topological polar surface area (TPSA) is 32.7 Å². The van der Waals surface area contributed by atoms with Gasteiger partial charge in [0.15, 0.2) is 0 Å². The molecular formula is C15H22FNO2. The van der Waals surface area contributed by atoms with Gasteiger partial charge in [-0.05, 0) is 37.0 Å². The molecule has 1 saturated heterocycles. The minimum absolute atomic E-state index is 0.192. The third kappa shape index (κ3) is 3.75. The van der Waals surface area contributed by atoms with Crippen LogP contribution in [0, 0.1) is 5.82 Å². The molecule has 1 aliphatic rings. The number of nitrogens with zero attached hydrogens (tertiary/aromatic N) is 1. The van der Waals surface area contributed by atoms with Gasteiger partial charge < -0.3 is 9.84 Å². The first-order valence-corrected chi connectivity index (χ1v) is 6.76. The van der Waals surface area contributed by atoms with Crippen LogP contribution in [0.4, 0.5) is 4.39 Å². The summed E-state index contributed by atoms with van der Waals surface area (Å²) in [4.78, 5) is 2.28. The predicted molar refractivity (Wildman–Crippen MR) is 72.7 cm³/mol. The van der Waals surface area contributed by atoms with Crippen LogP contribution in [0.1, 0.15) is 24.8 Å². The first-order valence-electron chi connectivity index (χ1n) is 6.76. The quantitative estimate of drug-likeness (QED) is 0.886. The van der Waals surface area contributed by atoms with Crippen molar-refractivity contribution in [3.8, 4) is 0 Å². The molecule has 0 amide bonds. The third-order valence-electron chi connectivity index (χ3n) is 3.85. The van der Waals surface area contributed by atoms with Gasteiger partial charge in [-0.25, -0.2) is 4.39 Å². The standard InChI is InChI=1S/C15H22FNO2/c1-11-7-13(12-3-5-14(16)6-4-12)8-17(11)9-15(18)10-19-2/h3-6,11,13,15,18H,7-10H2,1-2H3/t11-,13-,15-/m1/s1. The summed E-state index contributed by atoms with van der Waals surface area (Å²) in [6.07, 6.45) is 0.602. The molecule has 0 spiro atoms. The third-order valence-corrected chi connectivity index (χ3v) is 3.85. The van der Waals surface area contributed by atoms with Crippen LogP contribution < -0.4 is 0 Å². The highest BCUT2D eigenvalue weighted by Crippen LogP contribution is 2.31. The van der Waals surface area contributed by atoms with Crippen molar-refractivity contribution in [1.29, 1.82) is 0 Å². The van der Waals surface area contributed by atoms with Gasteiger partial charge in [0.25, 0.3) is 0 Å². The summed E-state index contributed by atoms with van der Waals surface area (Å²) in [6, 6.07) is 7.19. The number of methoxy groups -OCH3 is 1. The van der Waals surface area contributed by atoms with E-state index in [1.165, 1.54) is 17.7 Å². The molecule has 1 heterocycles. The number of hydrogen-bond acceptors (Lipinski definition) is 3. The number of rotatable bonds is 5. The Kier molecular flexibility index (Phi) is 4.91. The summed E-state index contributed by atoms with van der Waals surface area (Å²) >= 11 is 0. The van der Waals surface area contributed by atoms with Crippen molar-refractivity contribution >= 4 is 0 Å². The highest BCUT2D eigenvalue weighted by molar-refractivity contribution is 5.22. The van der Waals surface area contributed by atoms with Gasteiger partial charge >= 0.3 is 0 Å². The summed E-state index contributed by atoms with van der Waals surface area (Å²) in [5.41, 5.74) is 1.18. The van der Waals surface area contributed by atoms with Crippen LogP contribution in [-0.4, -0.2) is 49.0 Å². The molecule has 1 aliphatic heterocycles. The molecule has 1 aromatic carbocycles. The molecule has 1 N–H and O–H groups in total. The zero-order chi connectivity index (χ0) is 13.8. The van der Waals surface area contributed by atoms with Gasteiger partial charge in [-0.1, -0.05) is 12.1 Å². The second-order valence-corrected chi connectivity index (χ2v) is 5.40. The van der Waals surface area contributed by atoms with Crippen molar-refractivity contribution in [3.05, 3.63) is 35.6 Å². The molecule has 0 radical (unpaired) electrons. The Labute approximate surface area is 114 Å². The minimum atomic E-state index is -0.445. The predicted octanol–water partition coefficient (Wildman–Crippen LogP) is 2.01. The number of likely N-dealkylation sites (tertiary alicyclic amines) is 1. The van der Waals surface area contributed by atoms with Crippen molar-refractivity contribution in [2.24, 2.45) is 0 Å². The highest BCUT2D eigenvalue weighted by Gasteiger charge is 2.30. The molecule has 0 aliphatic carbocycles. The van der Waals surface area contributed by atoms with E-state index >= 15 is 0 Å². The van der Waals surface area contributed by atoms with Crippen LogP contribution in [0.2, 0.25) is 0 Å². The van der Waals surface area contributed by atoms with Crippen LogP contribution in [0.15, 0.2) is 24.3 Å². The lowest BCUT2D eigenvalue weighted by Crippen LogP contribution is -2.36. The van der Waals surface area contributed by atoms with Gasteiger partial charge in [0.2, 0.25) is 0 Å². The van der Waals surface area contributed by atoms with Crippen LogP contribution >= 0.6 is 0 Å². The molecular weight excluding hydrogens is 245 g/mol. The lowest BCUT2D eigenvalue weighted by Gasteiger charge is -2.23. The van der Waals surface area contributed by atoms with Crippen LogP contribution in [0.5, 0.6) is 0 Å². The van der Waals surface area contributed by atoms with E-state index in [4.69, 9.17) is 4.74 Å². The SMILES string of the molecule is COC[C@H](O)CN1C[C@H](c2ccc(F)cc2)C[C@H]1C. The fourth-order valence-electron chi connectivity index (χ4n) is 2.85. The van der Waals surface area contributed by atoms with Crippen LogP contribution in [0.25, 0.3) is 0 Å². The van der Waals surface area contributed by atoms with Gasteiger partial charge in [0, 0.05) is 26.2 Å². The number of aliphatic hydroxyl groups is 1. The number of benzene rings is 1. The second kappa shape index (κ2) is 6.46. The van der Waals surface area contributed by atoms with E-state index in [2.05, 4.69) is 11.8 Å². The van der Waals surface area contributed by atoms with E-state index in [1.54, 1.807) is 7.11 Å². The van der Waals surface area contributed by atoms with Crippen molar-refractivity contribution in [1.82, 2.24) is 4.90 Å². The lowest BCUT2D eigenvalue weighted by atomic mass is 9.97. The Morgan fingerprint density at radius 2 is 2.11 bits per heavy atom.